The lowest BCUT2D eigenvalue weighted by Crippen LogP contribution is -2.29. The van der Waals surface area contributed by atoms with Gasteiger partial charge in [0.1, 0.15) is 0 Å². The lowest BCUT2D eigenvalue weighted by molar-refractivity contribution is 0.0446. The summed E-state index contributed by atoms with van der Waals surface area (Å²) in [6.07, 6.45) is 14.3. The first-order valence-corrected chi connectivity index (χ1v) is 8.59. The molecular weight excluding hydrogens is 234 g/mol. The van der Waals surface area contributed by atoms with Crippen LogP contribution in [0.1, 0.15) is 84.5 Å². The van der Waals surface area contributed by atoms with Crippen LogP contribution in [0.2, 0.25) is 0 Å². The van der Waals surface area contributed by atoms with Crippen molar-refractivity contribution in [2.75, 3.05) is 19.6 Å². The number of hydrogen-bond acceptors (Lipinski definition) is 2. The van der Waals surface area contributed by atoms with Gasteiger partial charge in [-0.1, -0.05) is 51.9 Å². The average Bonchev–Trinajstić information content (AvgIpc) is 2.54. The van der Waals surface area contributed by atoms with Gasteiger partial charge >= 0.3 is 0 Å². The first kappa shape index (κ1) is 17.0. The number of nitrogens with zero attached hydrogens (tertiary/aromatic N) is 1. The monoisotopic (exact) mass is 269 g/mol. The molecular formula is C17H35NO. The zero-order valence-corrected chi connectivity index (χ0v) is 13.3. The SMILES string of the molecule is CCCCCCCCCCN1CCCC(C)(O)CC1. The van der Waals surface area contributed by atoms with Crippen molar-refractivity contribution in [2.45, 2.75) is 90.1 Å². The molecule has 2 nitrogen and oxygen atoms in total. The molecule has 1 fully saturated rings. The van der Waals surface area contributed by atoms with Crippen molar-refractivity contribution in [2.24, 2.45) is 0 Å². The van der Waals surface area contributed by atoms with E-state index in [0.29, 0.717) is 0 Å². The lowest BCUT2D eigenvalue weighted by Gasteiger charge is -2.22. The minimum Gasteiger partial charge on any atom is -0.390 e. The molecule has 1 saturated heterocycles. The van der Waals surface area contributed by atoms with Gasteiger partial charge in [-0.15, -0.1) is 0 Å². The first-order chi connectivity index (χ1) is 9.14. The Balaban J connectivity index is 1.94. The van der Waals surface area contributed by atoms with Gasteiger partial charge in [-0.3, -0.25) is 0 Å². The van der Waals surface area contributed by atoms with Gasteiger partial charge in [-0.2, -0.15) is 0 Å². The molecule has 2 heteroatoms. The molecule has 0 spiro atoms. The smallest absolute Gasteiger partial charge is 0.0632 e. The van der Waals surface area contributed by atoms with Crippen molar-refractivity contribution >= 4 is 0 Å². The van der Waals surface area contributed by atoms with E-state index in [2.05, 4.69) is 11.8 Å². The minimum absolute atomic E-state index is 0.409. The fraction of sp³-hybridized carbons (Fsp3) is 1.00. The molecule has 1 heterocycles. The Hall–Kier alpha value is -0.0800. The quantitative estimate of drug-likeness (QED) is 0.629. The summed E-state index contributed by atoms with van der Waals surface area (Å²) in [6, 6.07) is 0. The highest BCUT2D eigenvalue weighted by molar-refractivity contribution is 4.78. The summed E-state index contributed by atoms with van der Waals surface area (Å²) in [6.45, 7) is 7.78. The van der Waals surface area contributed by atoms with Crippen molar-refractivity contribution in [3.8, 4) is 0 Å². The molecule has 0 amide bonds. The van der Waals surface area contributed by atoms with Crippen molar-refractivity contribution < 1.29 is 5.11 Å². The summed E-state index contributed by atoms with van der Waals surface area (Å²) in [5.74, 6) is 0. The maximum absolute atomic E-state index is 10.1. The van der Waals surface area contributed by atoms with Crippen LogP contribution in [0.4, 0.5) is 0 Å². The Kier molecular flexibility index (Phi) is 8.72. The normalized spacial score (nSPS) is 25.4. The van der Waals surface area contributed by atoms with Crippen molar-refractivity contribution in [1.29, 1.82) is 0 Å². The Morgan fingerprint density at radius 1 is 0.895 bits per heavy atom. The predicted molar refractivity (Wildman–Crippen MR) is 83.5 cm³/mol. The summed E-state index contributed by atoms with van der Waals surface area (Å²) in [5, 5.41) is 10.1. The summed E-state index contributed by atoms with van der Waals surface area (Å²) >= 11 is 0. The van der Waals surface area contributed by atoms with Crippen LogP contribution in [0, 0.1) is 0 Å². The second kappa shape index (κ2) is 9.77. The molecule has 1 aliphatic heterocycles. The van der Waals surface area contributed by atoms with E-state index in [1.54, 1.807) is 0 Å². The zero-order chi connectivity index (χ0) is 14.0. The van der Waals surface area contributed by atoms with Crippen LogP contribution in [0.25, 0.3) is 0 Å². The molecule has 19 heavy (non-hydrogen) atoms. The average molecular weight is 269 g/mol. The van der Waals surface area contributed by atoms with E-state index < -0.39 is 5.60 Å². The molecule has 1 unspecified atom stereocenters. The number of likely N-dealkylation sites (tertiary alicyclic amines) is 1. The number of unbranched alkanes of at least 4 members (excludes halogenated alkanes) is 7. The fourth-order valence-corrected chi connectivity index (χ4v) is 3.01. The van der Waals surface area contributed by atoms with E-state index in [9.17, 15) is 5.11 Å². The molecule has 1 aliphatic rings. The topological polar surface area (TPSA) is 23.5 Å². The maximum atomic E-state index is 10.1. The Morgan fingerprint density at radius 2 is 1.53 bits per heavy atom. The largest absolute Gasteiger partial charge is 0.390 e. The van der Waals surface area contributed by atoms with Crippen molar-refractivity contribution in [3.63, 3.8) is 0 Å². The molecule has 0 radical (unpaired) electrons. The molecule has 0 aromatic carbocycles. The molecule has 0 aromatic heterocycles. The van der Waals surface area contributed by atoms with Crippen molar-refractivity contribution in [1.82, 2.24) is 4.90 Å². The molecule has 0 saturated carbocycles. The molecule has 1 rings (SSSR count). The van der Waals surface area contributed by atoms with E-state index >= 15 is 0 Å². The minimum atomic E-state index is -0.409. The van der Waals surface area contributed by atoms with E-state index in [1.165, 1.54) is 64.5 Å². The molecule has 114 valence electrons. The van der Waals surface area contributed by atoms with Crippen LogP contribution in [0.15, 0.2) is 0 Å². The molecule has 1 atom stereocenters. The van der Waals surface area contributed by atoms with E-state index in [0.717, 1.165) is 25.8 Å². The maximum Gasteiger partial charge on any atom is 0.0632 e. The van der Waals surface area contributed by atoms with Gasteiger partial charge in [0.25, 0.3) is 0 Å². The van der Waals surface area contributed by atoms with Gasteiger partial charge in [0, 0.05) is 6.54 Å². The van der Waals surface area contributed by atoms with Gasteiger partial charge in [0.05, 0.1) is 5.60 Å². The molecule has 0 bridgehead atoms. The summed E-state index contributed by atoms with van der Waals surface area (Å²) in [5.41, 5.74) is -0.409. The van der Waals surface area contributed by atoms with Crippen LogP contribution in [-0.4, -0.2) is 35.2 Å². The highest BCUT2D eigenvalue weighted by Gasteiger charge is 2.24. The third kappa shape index (κ3) is 8.65. The Labute approximate surface area is 120 Å². The number of hydrogen-bond donors (Lipinski definition) is 1. The van der Waals surface area contributed by atoms with Gasteiger partial charge < -0.3 is 10.0 Å². The highest BCUT2D eigenvalue weighted by atomic mass is 16.3. The number of aliphatic hydroxyl groups is 1. The van der Waals surface area contributed by atoms with Gasteiger partial charge in [0.15, 0.2) is 0 Å². The van der Waals surface area contributed by atoms with Crippen LogP contribution in [-0.2, 0) is 0 Å². The highest BCUT2D eigenvalue weighted by Crippen LogP contribution is 2.21. The molecule has 1 N–H and O–H groups in total. The fourth-order valence-electron chi connectivity index (χ4n) is 3.01. The Morgan fingerprint density at radius 3 is 2.21 bits per heavy atom. The predicted octanol–water partition coefficient (Wildman–Crippen LogP) is 4.36. The van der Waals surface area contributed by atoms with Gasteiger partial charge in [-0.05, 0) is 45.7 Å². The Bertz CT molecular complexity index is 215. The van der Waals surface area contributed by atoms with Gasteiger partial charge in [-0.25, -0.2) is 0 Å². The lowest BCUT2D eigenvalue weighted by atomic mass is 9.98. The van der Waals surface area contributed by atoms with Crippen LogP contribution >= 0.6 is 0 Å². The summed E-state index contributed by atoms with van der Waals surface area (Å²) in [4.78, 5) is 2.55. The van der Waals surface area contributed by atoms with E-state index in [4.69, 9.17) is 0 Å². The second-order valence-corrected chi connectivity index (χ2v) is 6.67. The van der Waals surface area contributed by atoms with Crippen LogP contribution in [0.5, 0.6) is 0 Å². The van der Waals surface area contributed by atoms with Gasteiger partial charge in [0.2, 0.25) is 0 Å². The zero-order valence-electron chi connectivity index (χ0n) is 13.3. The molecule has 0 aliphatic carbocycles. The summed E-state index contributed by atoms with van der Waals surface area (Å²) < 4.78 is 0. The van der Waals surface area contributed by atoms with E-state index in [1.807, 2.05) is 6.92 Å². The third-order valence-corrected chi connectivity index (χ3v) is 4.48. The van der Waals surface area contributed by atoms with Crippen molar-refractivity contribution in [3.05, 3.63) is 0 Å². The third-order valence-electron chi connectivity index (χ3n) is 4.48. The van der Waals surface area contributed by atoms with Crippen LogP contribution < -0.4 is 0 Å². The second-order valence-electron chi connectivity index (χ2n) is 6.67. The summed E-state index contributed by atoms with van der Waals surface area (Å²) in [7, 11) is 0. The van der Waals surface area contributed by atoms with E-state index in [-0.39, 0.29) is 0 Å². The van der Waals surface area contributed by atoms with Crippen LogP contribution in [0.3, 0.4) is 0 Å². The standard InChI is InChI=1S/C17H35NO/c1-3-4-5-6-7-8-9-10-14-18-15-11-12-17(2,19)13-16-18/h19H,3-16H2,1-2H3. The molecule has 0 aromatic rings. The first-order valence-electron chi connectivity index (χ1n) is 8.59. The number of rotatable bonds is 9.